The Labute approximate surface area is 169 Å². The molecule has 1 saturated carbocycles. The number of H-pyrrole nitrogens is 1. The summed E-state index contributed by atoms with van der Waals surface area (Å²) in [6.07, 6.45) is 4.90. The highest BCUT2D eigenvalue weighted by Crippen LogP contribution is 2.48. The van der Waals surface area contributed by atoms with E-state index in [2.05, 4.69) is 104 Å². The Kier molecular flexibility index (Phi) is 4.96. The minimum Gasteiger partial charge on any atom is -0.361 e. The van der Waals surface area contributed by atoms with Gasteiger partial charge in [0.25, 0.3) is 0 Å². The Bertz CT molecular complexity index is 884. The average Bonchev–Trinajstić information content (AvgIpc) is 3.13. The molecule has 0 aliphatic heterocycles. The second-order valence-electron chi connectivity index (χ2n) is 9.20. The van der Waals surface area contributed by atoms with Crippen molar-refractivity contribution in [2.75, 3.05) is 32.6 Å². The van der Waals surface area contributed by atoms with Crippen LogP contribution in [0.25, 0.3) is 10.9 Å². The van der Waals surface area contributed by atoms with Crippen molar-refractivity contribution < 1.29 is 0 Å². The van der Waals surface area contributed by atoms with Gasteiger partial charge in [0.15, 0.2) is 0 Å². The standard InChI is InChI=1S/C25H33N3/c1-24(19-28(4)23-18-20-10-8-9-13-22(20)26-23)14-16-25(17-15-24,27(2)3)21-11-6-5-7-12-21/h5-13,18,26H,14-17,19H2,1-4H3. The summed E-state index contributed by atoms with van der Waals surface area (Å²) in [7, 11) is 6.71. The van der Waals surface area contributed by atoms with Gasteiger partial charge in [-0.2, -0.15) is 0 Å². The maximum absolute atomic E-state index is 3.58. The number of para-hydroxylation sites is 1. The molecule has 4 rings (SSSR count). The fourth-order valence-corrected chi connectivity index (χ4v) is 5.09. The molecule has 0 unspecified atom stereocenters. The van der Waals surface area contributed by atoms with Gasteiger partial charge in [0.1, 0.15) is 5.82 Å². The summed E-state index contributed by atoms with van der Waals surface area (Å²) in [5, 5.41) is 1.29. The molecule has 1 aliphatic rings. The lowest BCUT2D eigenvalue weighted by Gasteiger charge is -2.50. The van der Waals surface area contributed by atoms with Crippen molar-refractivity contribution in [3.63, 3.8) is 0 Å². The maximum Gasteiger partial charge on any atom is 0.106 e. The highest BCUT2D eigenvalue weighted by Gasteiger charge is 2.43. The first-order valence-electron chi connectivity index (χ1n) is 10.4. The Morgan fingerprint density at radius 3 is 2.14 bits per heavy atom. The Hall–Kier alpha value is -2.26. The molecule has 3 nitrogen and oxygen atoms in total. The van der Waals surface area contributed by atoms with E-state index in [9.17, 15) is 0 Å². The van der Waals surface area contributed by atoms with Crippen molar-refractivity contribution in [2.45, 2.75) is 38.1 Å². The van der Waals surface area contributed by atoms with Crippen molar-refractivity contribution in [2.24, 2.45) is 5.41 Å². The molecule has 0 amide bonds. The highest BCUT2D eigenvalue weighted by molar-refractivity contribution is 5.83. The van der Waals surface area contributed by atoms with Crippen LogP contribution in [0.3, 0.4) is 0 Å². The Morgan fingerprint density at radius 1 is 0.857 bits per heavy atom. The molecule has 2 aromatic carbocycles. The zero-order valence-corrected chi connectivity index (χ0v) is 17.7. The number of benzene rings is 2. The van der Waals surface area contributed by atoms with Crippen molar-refractivity contribution in [1.82, 2.24) is 9.88 Å². The van der Waals surface area contributed by atoms with Gasteiger partial charge in [-0.25, -0.2) is 0 Å². The Morgan fingerprint density at radius 2 is 1.50 bits per heavy atom. The fraction of sp³-hybridized carbons (Fsp3) is 0.440. The molecule has 1 aromatic heterocycles. The highest BCUT2D eigenvalue weighted by atomic mass is 15.2. The normalized spacial score (nSPS) is 25.3. The van der Waals surface area contributed by atoms with Gasteiger partial charge >= 0.3 is 0 Å². The summed E-state index contributed by atoms with van der Waals surface area (Å²) in [5.41, 5.74) is 3.18. The first-order chi connectivity index (χ1) is 13.4. The molecule has 1 fully saturated rings. The first-order valence-corrected chi connectivity index (χ1v) is 10.4. The van der Waals surface area contributed by atoms with Crippen LogP contribution < -0.4 is 4.90 Å². The van der Waals surface area contributed by atoms with Gasteiger partial charge in [-0.05, 0) is 62.9 Å². The molecule has 0 radical (unpaired) electrons. The van der Waals surface area contributed by atoms with Gasteiger partial charge in [-0.15, -0.1) is 0 Å². The van der Waals surface area contributed by atoms with Crippen molar-refractivity contribution >= 4 is 16.7 Å². The number of hydrogen-bond donors (Lipinski definition) is 1. The number of fused-ring (bicyclic) bond motifs is 1. The predicted molar refractivity (Wildman–Crippen MR) is 120 cm³/mol. The molecule has 1 aliphatic carbocycles. The van der Waals surface area contributed by atoms with E-state index in [0.717, 1.165) is 6.54 Å². The number of rotatable bonds is 5. The monoisotopic (exact) mass is 375 g/mol. The number of aromatic amines is 1. The van der Waals surface area contributed by atoms with Crippen LogP contribution in [-0.4, -0.2) is 37.6 Å². The maximum atomic E-state index is 3.58. The minimum absolute atomic E-state index is 0.167. The summed E-state index contributed by atoms with van der Waals surface area (Å²) in [5.74, 6) is 1.22. The summed E-state index contributed by atoms with van der Waals surface area (Å²) in [6.45, 7) is 3.55. The average molecular weight is 376 g/mol. The second kappa shape index (κ2) is 7.29. The number of nitrogens with one attached hydrogen (secondary N) is 1. The molecule has 0 saturated heterocycles. The molecule has 3 aromatic rings. The van der Waals surface area contributed by atoms with E-state index >= 15 is 0 Å². The SMILES string of the molecule is CN(CC1(C)CCC(c2ccccc2)(N(C)C)CC1)c1cc2ccccc2[nH]1. The number of nitrogens with zero attached hydrogens (tertiary/aromatic N) is 2. The topological polar surface area (TPSA) is 22.3 Å². The quantitative estimate of drug-likeness (QED) is 0.623. The van der Waals surface area contributed by atoms with E-state index in [4.69, 9.17) is 0 Å². The second-order valence-corrected chi connectivity index (χ2v) is 9.20. The van der Waals surface area contributed by atoms with Crippen molar-refractivity contribution in [3.8, 4) is 0 Å². The third-order valence-corrected chi connectivity index (χ3v) is 7.00. The van der Waals surface area contributed by atoms with Crippen LogP contribution >= 0.6 is 0 Å². The molecule has 1 N–H and O–H groups in total. The van der Waals surface area contributed by atoms with Crippen LogP contribution in [0, 0.1) is 5.41 Å². The Balaban J connectivity index is 1.49. The van der Waals surface area contributed by atoms with Gasteiger partial charge in [0.05, 0.1) is 0 Å². The van der Waals surface area contributed by atoms with Gasteiger partial charge in [0.2, 0.25) is 0 Å². The van der Waals surface area contributed by atoms with E-state index < -0.39 is 0 Å². The third-order valence-electron chi connectivity index (χ3n) is 7.00. The molecule has 0 bridgehead atoms. The van der Waals surface area contributed by atoms with E-state index in [1.54, 1.807) is 0 Å². The van der Waals surface area contributed by atoms with Gasteiger partial charge < -0.3 is 9.88 Å². The number of hydrogen-bond acceptors (Lipinski definition) is 2. The fourth-order valence-electron chi connectivity index (χ4n) is 5.09. The van der Waals surface area contributed by atoms with Gasteiger partial charge in [-0.1, -0.05) is 55.5 Å². The van der Waals surface area contributed by atoms with Crippen molar-refractivity contribution in [3.05, 3.63) is 66.2 Å². The summed E-state index contributed by atoms with van der Waals surface area (Å²) in [6, 6.07) is 21.9. The van der Waals surface area contributed by atoms with Crippen molar-refractivity contribution in [1.29, 1.82) is 0 Å². The first kappa shape index (κ1) is 19.1. The van der Waals surface area contributed by atoms with Gasteiger partial charge in [-0.3, -0.25) is 4.90 Å². The summed E-state index contributed by atoms with van der Waals surface area (Å²) in [4.78, 5) is 8.44. The number of anilines is 1. The molecule has 1 heterocycles. The van der Waals surface area contributed by atoms with Gasteiger partial charge in [0, 0.05) is 30.0 Å². The van der Waals surface area contributed by atoms with E-state index in [1.807, 2.05) is 0 Å². The third kappa shape index (κ3) is 3.44. The molecule has 28 heavy (non-hydrogen) atoms. The molecule has 0 spiro atoms. The van der Waals surface area contributed by atoms with E-state index in [-0.39, 0.29) is 5.54 Å². The minimum atomic E-state index is 0.167. The molecule has 148 valence electrons. The zero-order chi connectivity index (χ0) is 19.8. The lowest BCUT2D eigenvalue weighted by Crippen LogP contribution is -2.48. The largest absolute Gasteiger partial charge is 0.361 e. The van der Waals surface area contributed by atoms with E-state index in [1.165, 1.54) is 48.0 Å². The summed E-state index contributed by atoms with van der Waals surface area (Å²) < 4.78 is 0. The predicted octanol–water partition coefficient (Wildman–Crippen LogP) is 5.64. The summed E-state index contributed by atoms with van der Waals surface area (Å²) >= 11 is 0. The van der Waals surface area contributed by atoms with Crippen LogP contribution in [0.1, 0.15) is 38.2 Å². The van der Waals surface area contributed by atoms with Crippen LogP contribution in [-0.2, 0) is 5.54 Å². The van der Waals surface area contributed by atoms with Crippen LogP contribution in [0.15, 0.2) is 60.7 Å². The lowest BCUT2D eigenvalue weighted by molar-refractivity contribution is 0.0457. The molecule has 3 heteroatoms. The van der Waals surface area contributed by atoms with E-state index in [0.29, 0.717) is 5.41 Å². The smallest absolute Gasteiger partial charge is 0.106 e. The molecular weight excluding hydrogens is 342 g/mol. The molecule has 0 atom stereocenters. The molecular formula is C25H33N3. The van der Waals surface area contributed by atoms with Crippen LogP contribution in [0.4, 0.5) is 5.82 Å². The van der Waals surface area contributed by atoms with Crippen LogP contribution in [0.5, 0.6) is 0 Å². The zero-order valence-electron chi connectivity index (χ0n) is 17.7. The number of aromatic nitrogens is 1. The van der Waals surface area contributed by atoms with Crippen LogP contribution in [0.2, 0.25) is 0 Å². The lowest BCUT2D eigenvalue weighted by atomic mass is 9.65.